The second-order valence-electron chi connectivity index (χ2n) is 6.46. The molecule has 1 amide bonds. The van der Waals surface area contributed by atoms with Crippen molar-refractivity contribution in [3.63, 3.8) is 0 Å². The smallest absolute Gasteiger partial charge is 0.255 e. The van der Waals surface area contributed by atoms with Gasteiger partial charge in [-0.1, -0.05) is 77.8 Å². The van der Waals surface area contributed by atoms with Crippen LogP contribution < -0.4 is 5.32 Å². The third kappa shape index (κ3) is 4.48. The number of anilines is 1. The van der Waals surface area contributed by atoms with Gasteiger partial charge in [0.05, 0.1) is 11.9 Å². The Balaban J connectivity index is 1.59. The lowest BCUT2D eigenvalue weighted by Crippen LogP contribution is -2.12. The molecular formula is C24H16Cl2N2O. The summed E-state index contributed by atoms with van der Waals surface area (Å²) in [5.41, 5.74) is 5.09. The normalized spacial score (nSPS) is 10.6. The average molecular weight is 419 g/mol. The van der Waals surface area contributed by atoms with Crippen molar-refractivity contribution in [2.24, 2.45) is 0 Å². The summed E-state index contributed by atoms with van der Waals surface area (Å²) < 4.78 is 0. The fourth-order valence-electron chi connectivity index (χ4n) is 3.01. The molecule has 3 aromatic carbocycles. The van der Waals surface area contributed by atoms with Gasteiger partial charge >= 0.3 is 0 Å². The Morgan fingerprint density at radius 2 is 1.45 bits per heavy atom. The fraction of sp³-hybridized carbons (Fsp3) is 0. The van der Waals surface area contributed by atoms with Crippen LogP contribution >= 0.6 is 23.2 Å². The van der Waals surface area contributed by atoms with E-state index in [1.165, 1.54) is 6.20 Å². The number of amides is 1. The topological polar surface area (TPSA) is 42.0 Å². The number of aromatic nitrogens is 1. The molecule has 0 aliphatic heterocycles. The maximum absolute atomic E-state index is 12.6. The first-order chi connectivity index (χ1) is 14.1. The molecule has 0 atom stereocenters. The lowest BCUT2D eigenvalue weighted by Gasteiger charge is -2.10. The van der Waals surface area contributed by atoms with Crippen LogP contribution in [-0.2, 0) is 0 Å². The molecule has 0 bridgehead atoms. The third-order valence-electron chi connectivity index (χ3n) is 4.52. The van der Waals surface area contributed by atoms with Crippen molar-refractivity contribution in [1.82, 2.24) is 4.98 Å². The summed E-state index contributed by atoms with van der Waals surface area (Å²) in [7, 11) is 0. The van der Waals surface area contributed by atoms with Gasteiger partial charge in [-0.15, -0.1) is 0 Å². The minimum absolute atomic E-state index is 0.243. The summed E-state index contributed by atoms with van der Waals surface area (Å²) >= 11 is 12.2. The Morgan fingerprint density at radius 3 is 2.14 bits per heavy atom. The van der Waals surface area contributed by atoms with Crippen LogP contribution in [0.15, 0.2) is 91.1 Å². The Bertz CT molecular complexity index is 1140. The minimum Gasteiger partial charge on any atom is -0.321 e. The van der Waals surface area contributed by atoms with E-state index < -0.39 is 0 Å². The summed E-state index contributed by atoms with van der Waals surface area (Å²) in [6.07, 6.45) is 1.51. The van der Waals surface area contributed by atoms with E-state index in [0.29, 0.717) is 21.4 Å². The van der Waals surface area contributed by atoms with E-state index >= 15 is 0 Å². The molecule has 1 N–H and O–H groups in total. The van der Waals surface area contributed by atoms with Gasteiger partial charge < -0.3 is 5.32 Å². The van der Waals surface area contributed by atoms with Crippen LogP contribution in [0.1, 0.15) is 10.4 Å². The van der Waals surface area contributed by atoms with Crippen LogP contribution in [0.5, 0.6) is 0 Å². The Labute approximate surface area is 179 Å². The van der Waals surface area contributed by atoms with Gasteiger partial charge in [0.25, 0.3) is 5.91 Å². The number of carbonyl (C=O) groups excluding carboxylic acids is 1. The zero-order chi connectivity index (χ0) is 20.2. The molecule has 0 aliphatic rings. The molecule has 0 fully saturated rings. The van der Waals surface area contributed by atoms with Crippen LogP contribution in [0.3, 0.4) is 0 Å². The van der Waals surface area contributed by atoms with Crippen molar-refractivity contribution < 1.29 is 4.79 Å². The highest BCUT2D eigenvalue weighted by molar-refractivity contribution is 6.33. The maximum atomic E-state index is 12.6. The molecule has 0 radical (unpaired) electrons. The first-order valence-corrected chi connectivity index (χ1v) is 9.74. The third-order valence-corrected chi connectivity index (χ3v) is 5.07. The molecule has 4 aromatic rings. The van der Waals surface area contributed by atoms with Crippen LogP contribution in [0, 0.1) is 0 Å². The second kappa shape index (κ2) is 8.48. The van der Waals surface area contributed by atoms with Gasteiger partial charge in [-0.05, 0) is 47.0 Å². The van der Waals surface area contributed by atoms with E-state index in [4.69, 9.17) is 23.2 Å². The Kier molecular flexibility index (Phi) is 5.61. The molecule has 3 nitrogen and oxygen atoms in total. The lowest BCUT2D eigenvalue weighted by molar-refractivity contribution is 0.102. The predicted molar refractivity (Wildman–Crippen MR) is 120 cm³/mol. The second-order valence-corrected chi connectivity index (χ2v) is 7.26. The highest BCUT2D eigenvalue weighted by Crippen LogP contribution is 2.31. The van der Waals surface area contributed by atoms with E-state index in [-0.39, 0.29) is 5.91 Å². The summed E-state index contributed by atoms with van der Waals surface area (Å²) in [4.78, 5) is 16.6. The van der Waals surface area contributed by atoms with Crippen LogP contribution in [0.25, 0.3) is 22.3 Å². The largest absolute Gasteiger partial charge is 0.321 e. The molecular weight excluding hydrogens is 403 g/mol. The van der Waals surface area contributed by atoms with E-state index in [1.807, 2.05) is 42.5 Å². The van der Waals surface area contributed by atoms with Crippen molar-refractivity contribution in [2.75, 3.05) is 5.32 Å². The highest BCUT2D eigenvalue weighted by atomic mass is 35.5. The van der Waals surface area contributed by atoms with E-state index in [0.717, 1.165) is 22.3 Å². The van der Waals surface area contributed by atoms with Gasteiger partial charge in [-0.2, -0.15) is 0 Å². The molecule has 0 spiro atoms. The van der Waals surface area contributed by atoms with Gasteiger partial charge in [0.2, 0.25) is 0 Å². The van der Waals surface area contributed by atoms with E-state index in [9.17, 15) is 4.79 Å². The molecule has 1 heterocycles. The number of pyridine rings is 1. The number of benzene rings is 3. The zero-order valence-corrected chi connectivity index (χ0v) is 16.8. The molecule has 0 saturated heterocycles. The fourth-order valence-corrected chi connectivity index (χ4v) is 3.35. The van der Waals surface area contributed by atoms with E-state index in [1.54, 1.807) is 30.3 Å². The van der Waals surface area contributed by atoms with Crippen molar-refractivity contribution >= 4 is 34.8 Å². The number of nitrogens with zero attached hydrogens (tertiary/aromatic N) is 1. The number of rotatable bonds is 4. The van der Waals surface area contributed by atoms with Crippen LogP contribution in [-0.4, -0.2) is 10.9 Å². The summed E-state index contributed by atoms with van der Waals surface area (Å²) in [5, 5.41) is 3.77. The molecule has 29 heavy (non-hydrogen) atoms. The standard InChI is InChI=1S/C24H16Cl2N2O/c25-22-12-10-19(24(29)28-20-11-13-23(26)27-15-20)14-21(22)18-8-6-17(7-9-18)16-4-2-1-3-5-16/h1-15H,(H,28,29). The van der Waals surface area contributed by atoms with Gasteiger partial charge in [-0.25, -0.2) is 4.98 Å². The number of nitrogens with one attached hydrogen (secondary N) is 1. The number of hydrogen-bond acceptors (Lipinski definition) is 2. The van der Waals surface area contributed by atoms with Gasteiger partial charge in [-0.3, -0.25) is 4.79 Å². The van der Waals surface area contributed by atoms with Crippen LogP contribution in [0.4, 0.5) is 5.69 Å². The molecule has 0 unspecified atom stereocenters. The maximum Gasteiger partial charge on any atom is 0.255 e. The first-order valence-electron chi connectivity index (χ1n) is 8.98. The SMILES string of the molecule is O=C(Nc1ccc(Cl)nc1)c1ccc(Cl)c(-c2ccc(-c3ccccc3)cc2)c1. The van der Waals surface area contributed by atoms with E-state index in [2.05, 4.69) is 22.4 Å². The molecule has 0 aliphatic carbocycles. The minimum atomic E-state index is -0.243. The lowest BCUT2D eigenvalue weighted by atomic mass is 9.99. The predicted octanol–water partition coefficient (Wildman–Crippen LogP) is 6.97. The molecule has 4 rings (SSSR count). The van der Waals surface area contributed by atoms with Crippen molar-refractivity contribution in [2.45, 2.75) is 0 Å². The van der Waals surface area contributed by atoms with Gasteiger partial charge in [0, 0.05) is 16.1 Å². The summed E-state index contributed by atoms with van der Waals surface area (Å²) in [5.74, 6) is -0.243. The van der Waals surface area contributed by atoms with Gasteiger partial charge in [0.1, 0.15) is 5.15 Å². The quantitative estimate of drug-likeness (QED) is 0.363. The molecule has 142 valence electrons. The number of hydrogen-bond donors (Lipinski definition) is 1. The van der Waals surface area contributed by atoms with Gasteiger partial charge in [0.15, 0.2) is 0 Å². The number of carbonyl (C=O) groups is 1. The Hall–Kier alpha value is -3.14. The van der Waals surface area contributed by atoms with Crippen molar-refractivity contribution in [1.29, 1.82) is 0 Å². The molecule has 1 aromatic heterocycles. The molecule has 0 saturated carbocycles. The van der Waals surface area contributed by atoms with Crippen molar-refractivity contribution in [3.8, 4) is 22.3 Å². The average Bonchev–Trinajstić information content (AvgIpc) is 2.76. The summed E-state index contributed by atoms with van der Waals surface area (Å²) in [6.45, 7) is 0. The summed E-state index contributed by atoms with van der Waals surface area (Å²) in [6, 6.07) is 26.8. The number of halogens is 2. The highest BCUT2D eigenvalue weighted by Gasteiger charge is 2.11. The molecule has 5 heteroatoms. The first kappa shape index (κ1) is 19.2. The van der Waals surface area contributed by atoms with Crippen molar-refractivity contribution in [3.05, 3.63) is 107 Å². The van der Waals surface area contributed by atoms with Crippen LogP contribution in [0.2, 0.25) is 10.2 Å². The zero-order valence-electron chi connectivity index (χ0n) is 15.3. The monoisotopic (exact) mass is 418 g/mol. The Morgan fingerprint density at radius 1 is 0.759 bits per heavy atom.